The highest BCUT2D eigenvalue weighted by molar-refractivity contribution is 7.18. The van der Waals surface area contributed by atoms with Gasteiger partial charge >= 0.3 is 0 Å². The Kier molecular flexibility index (Phi) is 2.62. The summed E-state index contributed by atoms with van der Waals surface area (Å²) in [5.41, 5.74) is 7.14. The number of rotatable bonds is 3. The molecule has 0 aliphatic heterocycles. The van der Waals surface area contributed by atoms with E-state index in [1.165, 1.54) is 12.8 Å². The molecule has 84 valence electrons. The zero-order valence-electron chi connectivity index (χ0n) is 8.82. The van der Waals surface area contributed by atoms with E-state index in [0.29, 0.717) is 0 Å². The fraction of sp³-hybridized carbons (Fsp3) is 0.417. The van der Waals surface area contributed by atoms with Gasteiger partial charge in [-0.15, -0.1) is 11.3 Å². The molecule has 2 nitrogen and oxygen atoms in total. The van der Waals surface area contributed by atoms with Crippen LogP contribution in [0.5, 0.6) is 0 Å². The molecule has 0 radical (unpaired) electrons. The Hall–Kier alpha value is -0.640. The van der Waals surface area contributed by atoms with E-state index in [0.717, 1.165) is 32.6 Å². The van der Waals surface area contributed by atoms with Crippen molar-refractivity contribution in [2.45, 2.75) is 25.3 Å². The van der Waals surface area contributed by atoms with Crippen molar-refractivity contribution in [1.29, 1.82) is 0 Å². The van der Waals surface area contributed by atoms with Crippen molar-refractivity contribution in [1.82, 2.24) is 4.98 Å². The number of thiazole rings is 1. The molecule has 0 amide bonds. The number of hydrogen-bond donors (Lipinski definition) is 1. The van der Waals surface area contributed by atoms with Gasteiger partial charge in [0, 0.05) is 17.5 Å². The normalized spacial score (nSPS) is 17.9. The van der Waals surface area contributed by atoms with Crippen molar-refractivity contribution < 1.29 is 0 Å². The van der Waals surface area contributed by atoms with Gasteiger partial charge in [0.1, 0.15) is 0 Å². The summed E-state index contributed by atoms with van der Waals surface area (Å²) in [6.07, 6.45) is 3.48. The van der Waals surface area contributed by atoms with Crippen LogP contribution >= 0.6 is 22.9 Å². The molecule has 0 saturated heterocycles. The maximum atomic E-state index is 6.10. The van der Waals surface area contributed by atoms with E-state index in [-0.39, 0.29) is 6.04 Å². The number of benzene rings is 1. The summed E-state index contributed by atoms with van der Waals surface area (Å²) in [5, 5.41) is 1.91. The van der Waals surface area contributed by atoms with Crippen molar-refractivity contribution in [2.75, 3.05) is 0 Å². The average Bonchev–Trinajstić information content (AvgIpc) is 3.00. The maximum Gasteiger partial charge on any atom is 0.0954 e. The van der Waals surface area contributed by atoms with Gasteiger partial charge in [-0.05, 0) is 37.0 Å². The molecule has 1 unspecified atom stereocenters. The minimum absolute atomic E-state index is 0.288. The number of nitrogens with two attached hydrogens (primary N) is 1. The van der Waals surface area contributed by atoms with Crippen molar-refractivity contribution in [2.24, 2.45) is 11.7 Å². The van der Waals surface area contributed by atoms with Crippen LogP contribution in [0.3, 0.4) is 0 Å². The Bertz CT molecular complexity index is 519. The van der Waals surface area contributed by atoms with Crippen LogP contribution in [0.25, 0.3) is 10.2 Å². The Labute approximate surface area is 103 Å². The summed E-state index contributed by atoms with van der Waals surface area (Å²) >= 11 is 7.66. The van der Waals surface area contributed by atoms with Gasteiger partial charge in [0.25, 0.3) is 0 Å². The third-order valence-corrected chi connectivity index (χ3v) is 4.31. The van der Waals surface area contributed by atoms with E-state index in [1.54, 1.807) is 11.3 Å². The average molecular weight is 253 g/mol. The van der Waals surface area contributed by atoms with Crippen LogP contribution in [0.4, 0.5) is 0 Å². The molecule has 0 bridgehead atoms. The highest BCUT2D eigenvalue weighted by Crippen LogP contribution is 2.34. The van der Waals surface area contributed by atoms with E-state index >= 15 is 0 Å². The Morgan fingerprint density at radius 1 is 1.50 bits per heavy atom. The molecule has 0 spiro atoms. The first kappa shape index (κ1) is 10.5. The third-order valence-electron chi connectivity index (χ3n) is 3.03. The van der Waals surface area contributed by atoms with Crippen molar-refractivity contribution >= 4 is 33.2 Å². The summed E-state index contributed by atoms with van der Waals surface area (Å²) in [7, 11) is 0. The zero-order valence-corrected chi connectivity index (χ0v) is 10.4. The molecule has 1 aliphatic carbocycles. The summed E-state index contributed by atoms with van der Waals surface area (Å²) < 4.78 is 1.16. The first-order chi connectivity index (χ1) is 7.72. The van der Waals surface area contributed by atoms with Crippen LogP contribution in [0, 0.1) is 5.92 Å². The lowest BCUT2D eigenvalue weighted by Crippen LogP contribution is -2.24. The fourth-order valence-electron chi connectivity index (χ4n) is 1.93. The maximum absolute atomic E-state index is 6.10. The summed E-state index contributed by atoms with van der Waals surface area (Å²) in [6, 6.07) is 6.12. The predicted octanol–water partition coefficient (Wildman–Crippen LogP) is 3.23. The lowest BCUT2D eigenvalue weighted by Gasteiger charge is -2.06. The Morgan fingerprint density at radius 2 is 2.31 bits per heavy atom. The molecule has 3 rings (SSSR count). The summed E-state index contributed by atoms with van der Waals surface area (Å²) in [6.45, 7) is 0. The van der Waals surface area contributed by atoms with Crippen LogP contribution in [0.2, 0.25) is 5.02 Å². The van der Waals surface area contributed by atoms with Gasteiger partial charge < -0.3 is 5.73 Å². The van der Waals surface area contributed by atoms with E-state index < -0.39 is 0 Å². The minimum Gasteiger partial charge on any atom is -0.327 e. The quantitative estimate of drug-likeness (QED) is 0.911. The molecule has 1 heterocycles. The van der Waals surface area contributed by atoms with E-state index in [2.05, 4.69) is 4.98 Å². The van der Waals surface area contributed by atoms with Gasteiger partial charge in [-0.2, -0.15) is 0 Å². The van der Waals surface area contributed by atoms with Gasteiger partial charge in [-0.3, -0.25) is 0 Å². The molecule has 1 saturated carbocycles. The molecule has 1 aliphatic rings. The molecule has 2 N–H and O–H groups in total. The lowest BCUT2D eigenvalue weighted by atomic mass is 10.1. The molecule has 2 aromatic rings. The smallest absolute Gasteiger partial charge is 0.0954 e. The highest BCUT2D eigenvalue weighted by atomic mass is 35.5. The van der Waals surface area contributed by atoms with Gasteiger partial charge in [0.2, 0.25) is 0 Å². The molecular formula is C12H13ClN2S. The molecule has 1 aromatic heterocycles. The molecule has 4 heteroatoms. The molecule has 1 aromatic carbocycles. The number of aromatic nitrogens is 1. The third kappa shape index (κ3) is 2.08. The second-order valence-corrected chi connectivity index (χ2v) is 5.98. The van der Waals surface area contributed by atoms with Gasteiger partial charge in [-0.25, -0.2) is 4.98 Å². The largest absolute Gasteiger partial charge is 0.327 e. The van der Waals surface area contributed by atoms with Crippen molar-refractivity contribution in [3.8, 4) is 0 Å². The van der Waals surface area contributed by atoms with E-state index in [4.69, 9.17) is 17.3 Å². The lowest BCUT2D eigenvalue weighted by molar-refractivity contribution is 0.590. The van der Waals surface area contributed by atoms with Crippen LogP contribution < -0.4 is 5.73 Å². The summed E-state index contributed by atoms with van der Waals surface area (Å²) in [4.78, 5) is 4.58. The summed E-state index contributed by atoms with van der Waals surface area (Å²) in [5.74, 6) is 0.732. The van der Waals surface area contributed by atoms with Crippen LogP contribution in [0.1, 0.15) is 17.8 Å². The number of fused-ring (bicyclic) bond motifs is 1. The second kappa shape index (κ2) is 3.99. The van der Waals surface area contributed by atoms with Crippen LogP contribution in [-0.2, 0) is 6.42 Å². The topological polar surface area (TPSA) is 38.9 Å². The first-order valence-electron chi connectivity index (χ1n) is 5.53. The standard InChI is InChI=1S/C12H13ClN2S/c13-8-3-4-10-11(5-8)16-12(15-10)6-9(14)7-1-2-7/h3-5,7,9H,1-2,6,14H2. The Balaban J connectivity index is 1.86. The van der Waals surface area contributed by atoms with E-state index in [9.17, 15) is 0 Å². The van der Waals surface area contributed by atoms with Crippen molar-refractivity contribution in [3.05, 3.63) is 28.2 Å². The van der Waals surface area contributed by atoms with Crippen LogP contribution in [-0.4, -0.2) is 11.0 Å². The number of nitrogens with zero attached hydrogens (tertiary/aromatic N) is 1. The monoisotopic (exact) mass is 252 g/mol. The van der Waals surface area contributed by atoms with Crippen molar-refractivity contribution in [3.63, 3.8) is 0 Å². The first-order valence-corrected chi connectivity index (χ1v) is 6.72. The van der Waals surface area contributed by atoms with Gasteiger partial charge in [-0.1, -0.05) is 11.6 Å². The molecular weight excluding hydrogens is 240 g/mol. The number of halogens is 1. The highest BCUT2D eigenvalue weighted by Gasteiger charge is 2.29. The predicted molar refractivity (Wildman–Crippen MR) is 69.0 cm³/mol. The second-order valence-electron chi connectivity index (χ2n) is 4.43. The minimum atomic E-state index is 0.288. The number of hydrogen-bond acceptors (Lipinski definition) is 3. The van der Waals surface area contributed by atoms with E-state index in [1.807, 2.05) is 18.2 Å². The molecule has 16 heavy (non-hydrogen) atoms. The fourth-order valence-corrected chi connectivity index (χ4v) is 3.24. The Morgan fingerprint density at radius 3 is 3.06 bits per heavy atom. The molecule has 1 atom stereocenters. The SMILES string of the molecule is NC(Cc1nc2ccc(Cl)cc2s1)C1CC1. The zero-order chi connectivity index (χ0) is 11.1. The van der Waals surface area contributed by atoms with Gasteiger partial charge in [0.15, 0.2) is 0 Å². The molecule has 1 fully saturated rings. The van der Waals surface area contributed by atoms with Crippen LogP contribution in [0.15, 0.2) is 18.2 Å². The van der Waals surface area contributed by atoms with Gasteiger partial charge in [0.05, 0.1) is 15.2 Å².